The summed E-state index contributed by atoms with van der Waals surface area (Å²) in [5.41, 5.74) is 0.751. The van der Waals surface area contributed by atoms with Gasteiger partial charge in [0.2, 0.25) is 15.9 Å². The van der Waals surface area contributed by atoms with E-state index < -0.39 is 10.0 Å². The van der Waals surface area contributed by atoms with E-state index in [1.54, 1.807) is 58.6 Å². The molecule has 0 atom stereocenters. The largest absolute Gasteiger partial charge is 0.306 e. The molecular weight excluding hydrogens is 364 g/mol. The van der Waals surface area contributed by atoms with Gasteiger partial charge >= 0.3 is 0 Å². The van der Waals surface area contributed by atoms with Crippen LogP contribution in [0.15, 0.2) is 47.5 Å². The number of amides is 1. The molecular formula is C19H24N4O3S. The zero-order valence-electron chi connectivity index (χ0n) is 15.3. The van der Waals surface area contributed by atoms with Gasteiger partial charge in [0, 0.05) is 38.5 Å². The lowest BCUT2D eigenvalue weighted by atomic mass is 10.2. The highest BCUT2D eigenvalue weighted by molar-refractivity contribution is 7.89. The fourth-order valence-corrected chi connectivity index (χ4v) is 4.52. The first-order valence-corrected chi connectivity index (χ1v) is 10.5. The predicted octanol–water partition coefficient (Wildman–Crippen LogP) is 2.64. The molecule has 0 spiro atoms. The van der Waals surface area contributed by atoms with E-state index in [1.165, 1.54) is 6.08 Å². The summed E-state index contributed by atoms with van der Waals surface area (Å²) in [4.78, 5) is 12.2. The zero-order chi connectivity index (χ0) is 19.3. The minimum atomic E-state index is -3.45. The number of aromatic nitrogens is 2. The van der Waals surface area contributed by atoms with Crippen molar-refractivity contribution in [1.29, 1.82) is 0 Å². The highest BCUT2D eigenvalue weighted by Crippen LogP contribution is 2.21. The number of sulfonamides is 1. The van der Waals surface area contributed by atoms with Crippen LogP contribution in [0.5, 0.6) is 0 Å². The molecule has 1 saturated heterocycles. The highest BCUT2D eigenvalue weighted by atomic mass is 32.2. The molecule has 1 aliphatic heterocycles. The van der Waals surface area contributed by atoms with E-state index >= 15 is 0 Å². The number of nitrogens with zero attached hydrogens (tertiary/aromatic N) is 3. The van der Waals surface area contributed by atoms with E-state index in [1.807, 2.05) is 0 Å². The summed E-state index contributed by atoms with van der Waals surface area (Å²) in [5.74, 6) is 0.181. The Morgan fingerprint density at radius 2 is 1.74 bits per heavy atom. The molecule has 2 aromatic rings. The Morgan fingerprint density at radius 3 is 2.33 bits per heavy atom. The topological polar surface area (TPSA) is 84.3 Å². The van der Waals surface area contributed by atoms with Crippen LogP contribution in [0, 0.1) is 0 Å². The molecule has 0 bridgehead atoms. The van der Waals surface area contributed by atoms with Gasteiger partial charge in [0.15, 0.2) is 5.82 Å². The van der Waals surface area contributed by atoms with Crippen LogP contribution in [0.4, 0.5) is 5.82 Å². The van der Waals surface area contributed by atoms with Gasteiger partial charge in [-0.1, -0.05) is 25.0 Å². The smallest absolute Gasteiger partial charge is 0.249 e. The van der Waals surface area contributed by atoms with Crippen LogP contribution in [0.2, 0.25) is 0 Å². The number of carbonyl (C=O) groups excluding carboxylic acids is 1. The third kappa shape index (κ3) is 5.05. The van der Waals surface area contributed by atoms with Gasteiger partial charge in [-0.3, -0.25) is 9.48 Å². The Morgan fingerprint density at radius 1 is 1.07 bits per heavy atom. The quantitative estimate of drug-likeness (QED) is 0.798. The van der Waals surface area contributed by atoms with Gasteiger partial charge in [-0.05, 0) is 36.6 Å². The van der Waals surface area contributed by atoms with Crippen LogP contribution in [0.3, 0.4) is 0 Å². The van der Waals surface area contributed by atoms with Gasteiger partial charge in [-0.15, -0.1) is 0 Å². The molecule has 1 fully saturated rings. The normalized spacial score (nSPS) is 16.3. The van der Waals surface area contributed by atoms with E-state index in [9.17, 15) is 13.2 Å². The average molecular weight is 388 g/mol. The van der Waals surface area contributed by atoms with Crippen LogP contribution in [0.1, 0.15) is 31.2 Å². The fraction of sp³-hybridized carbons (Fsp3) is 0.368. The number of anilines is 1. The van der Waals surface area contributed by atoms with E-state index in [4.69, 9.17) is 0 Å². The van der Waals surface area contributed by atoms with E-state index in [0.29, 0.717) is 23.8 Å². The maximum Gasteiger partial charge on any atom is 0.249 e. The number of nitrogens with one attached hydrogen (secondary N) is 1. The second kappa shape index (κ2) is 8.49. The first-order valence-electron chi connectivity index (χ1n) is 9.04. The molecule has 27 heavy (non-hydrogen) atoms. The molecule has 0 unspecified atom stereocenters. The standard InChI is InChI=1S/C19H24N4O3S/c1-22-15-12-18(21-22)20-19(24)11-8-16-6-9-17(10-7-16)27(25,26)23-13-4-2-3-5-14-23/h6-12,15H,2-5,13-14H2,1H3,(H,20,21,24)/b11-8+. The lowest BCUT2D eigenvalue weighted by Gasteiger charge is -2.19. The van der Waals surface area contributed by atoms with Gasteiger partial charge in [0.05, 0.1) is 4.90 Å². The Bertz CT molecular complexity index is 909. The van der Waals surface area contributed by atoms with Crippen molar-refractivity contribution in [2.45, 2.75) is 30.6 Å². The summed E-state index contributed by atoms with van der Waals surface area (Å²) < 4.78 is 28.7. The number of rotatable bonds is 5. The molecule has 3 rings (SSSR count). The van der Waals surface area contributed by atoms with Crippen molar-refractivity contribution in [1.82, 2.24) is 14.1 Å². The van der Waals surface area contributed by atoms with Gasteiger partial charge in [0.1, 0.15) is 0 Å². The predicted molar refractivity (Wildman–Crippen MR) is 105 cm³/mol. The minimum Gasteiger partial charge on any atom is -0.306 e. The van der Waals surface area contributed by atoms with Crippen molar-refractivity contribution in [2.24, 2.45) is 7.05 Å². The van der Waals surface area contributed by atoms with Gasteiger partial charge < -0.3 is 5.32 Å². The van der Waals surface area contributed by atoms with Gasteiger partial charge in [-0.2, -0.15) is 9.40 Å². The second-order valence-corrected chi connectivity index (χ2v) is 8.52. The SMILES string of the molecule is Cn1ccc(NC(=O)/C=C/c2ccc(S(=O)(=O)N3CCCCCC3)cc2)n1. The molecule has 0 radical (unpaired) electrons. The van der Waals surface area contributed by atoms with Crippen LogP contribution in [-0.2, 0) is 21.9 Å². The van der Waals surface area contributed by atoms with E-state index in [2.05, 4.69) is 10.4 Å². The summed E-state index contributed by atoms with van der Waals surface area (Å²) in [5, 5.41) is 6.73. The maximum absolute atomic E-state index is 12.8. The monoisotopic (exact) mass is 388 g/mol. The number of benzene rings is 1. The van der Waals surface area contributed by atoms with Crippen molar-refractivity contribution < 1.29 is 13.2 Å². The molecule has 8 heteroatoms. The van der Waals surface area contributed by atoms with Crippen molar-refractivity contribution in [3.8, 4) is 0 Å². The molecule has 1 N–H and O–H groups in total. The highest BCUT2D eigenvalue weighted by Gasteiger charge is 2.24. The van der Waals surface area contributed by atoms with Crippen molar-refractivity contribution >= 4 is 27.8 Å². The van der Waals surface area contributed by atoms with Gasteiger partial charge in [-0.25, -0.2) is 8.42 Å². The first-order chi connectivity index (χ1) is 12.9. The maximum atomic E-state index is 12.8. The molecule has 1 aliphatic rings. The number of aryl methyl sites for hydroxylation is 1. The van der Waals surface area contributed by atoms with Crippen molar-refractivity contribution in [2.75, 3.05) is 18.4 Å². The lowest BCUT2D eigenvalue weighted by Crippen LogP contribution is -2.31. The van der Waals surface area contributed by atoms with Crippen molar-refractivity contribution in [3.63, 3.8) is 0 Å². The Hall–Kier alpha value is -2.45. The van der Waals surface area contributed by atoms with Gasteiger partial charge in [0.25, 0.3) is 0 Å². The summed E-state index contributed by atoms with van der Waals surface area (Å²) in [6.45, 7) is 1.16. The molecule has 0 saturated carbocycles. The van der Waals surface area contributed by atoms with E-state index in [-0.39, 0.29) is 5.91 Å². The minimum absolute atomic E-state index is 0.291. The molecule has 7 nitrogen and oxygen atoms in total. The number of carbonyl (C=O) groups is 1. The third-order valence-electron chi connectivity index (χ3n) is 4.47. The van der Waals surface area contributed by atoms with Crippen molar-refractivity contribution in [3.05, 3.63) is 48.2 Å². The number of hydrogen-bond acceptors (Lipinski definition) is 4. The summed E-state index contributed by atoms with van der Waals surface area (Å²) in [7, 11) is -1.68. The Labute approximate surface area is 159 Å². The van der Waals surface area contributed by atoms with E-state index in [0.717, 1.165) is 31.2 Å². The molecule has 144 valence electrons. The summed E-state index contributed by atoms with van der Waals surface area (Å²) in [6, 6.07) is 8.30. The zero-order valence-corrected chi connectivity index (χ0v) is 16.2. The summed E-state index contributed by atoms with van der Waals surface area (Å²) >= 11 is 0. The Kier molecular flexibility index (Phi) is 6.08. The average Bonchev–Trinajstić information content (AvgIpc) is 2.88. The fourth-order valence-electron chi connectivity index (χ4n) is 3.00. The molecule has 0 aliphatic carbocycles. The lowest BCUT2D eigenvalue weighted by molar-refractivity contribution is -0.111. The third-order valence-corrected chi connectivity index (χ3v) is 6.39. The van der Waals surface area contributed by atoms with Crippen LogP contribution in [-0.4, -0.2) is 41.5 Å². The van der Waals surface area contributed by atoms with Crippen LogP contribution < -0.4 is 5.32 Å². The second-order valence-electron chi connectivity index (χ2n) is 6.58. The molecule has 1 amide bonds. The van der Waals surface area contributed by atoms with Crippen LogP contribution >= 0.6 is 0 Å². The van der Waals surface area contributed by atoms with Crippen LogP contribution in [0.25, 0.3) is 6.08 Å². The number of hydrogen-bond donors (Lipinski definition) is 1. The molecule has 2 heterocycles. The molecule has 1 aromatic heterocycles. The Balaban J connectivity index is 1.64. The summed E-state index contributed by atoms with van der Waals surface area (Å²) in [6.07, 6.45) is 8.75. The molecule has 1 aromatic carbocycles. The first kappa shape index (κ1) is 19.3.